The lowest BCUT2D eigenvalue weighted by atomic mass is 9.94. The number of phenols is 1. The monoisotopic (exact) mass is 533 g/mol. The van der Waals surface area contributed by atoms with Crippen molar-refractivity contribution in [2.75, 3.05) is 25.1 Å². The molecule has 0 atom stereocenters. The maximum Gasteiger partial charge on any atom is 0.219 e. The zero-order chi connectivity index (χ0) is 25.8. The molecule has 37 heavy (non-hydrogen) atoms. The molecule has 3 aromatic heterocycles. The molecule has 0 radical (unpaired) electrons. The van der Waals surface area contributed by atoms with E-state index in [0.29, 0.717) is 17.6 Å². The Labute approximate surface area is 224 Å². The molecule has 1 aliphatic rings. The molecule has 190 valence electrons. The van der Waals surface area contributed by atoms with Gasteiger partial charge < -0.3 is 14.7 Å². The number of benzene rings is 1. The van der Waals surface area contributed by atoms with Crippen LogP contribution in [-0.2, 0) is 4.79 Å². The number of carbonyl (C=O) groups excluding carboxylic acids is 1. The fourth-order valence-electron chi connectivity index (χ4n) is 4.34. The number of piperidine rings is 1. The molecule has 0 spiro atoms. The number of thiazole rings is 1. The first-order chi connectivity index (χ1) is 18.0. The van der Waals surface area contributed by atoms with Crippen LogP contribution in [0.5, 0.6) is 11.6 Å². The highest BCUT2D eigenvalue weighted by Gasteiger charge is 2.26. The Bertz CT molecular complexity index is 1370. The summed E-state index contributed by atoms with van der Waals surface area (Å²) in [6.07, 6.45) is 5.24. The van der Waals surface area contributed by atoms with Gasteiger partial charge in [0.15, 0.2) is 5.13 Å². The van der Waals surface area contributed by atoms with Crippen molar-refractivity contribution >= 4 is 45.6 Å². The zero-order valence-corrected chi connectivity index (χ0v) is 22.2. The fourth-order valence-corrected chi connectivity index (χ4v) is 6.20. The van der Waals surface area contributed by atoms with E-state index < -0.39 is 0 Å². The van der Waals surface area contributed by atoms with Crippen LogP contribution in [0, 0.1) is 0 Å². The molecule has 0 aliphatic carbocycles. The number of nitrogens with zero attached hydrogens (tertiary/aromatic N) is 5. The summed E-state index contributed by atoms with van der Waals surface area (Å²) in [5, 5.41) is 13.5. The SMILES string of the molecule is COc1cc(Sc2cc(O)cc(N(c3ccccn3)c3nc(C4CCN(C(C)=O)CC4)cs3)c2)ccn1. The van der Waals surface area contributed by atoms with Crippen LogP contribution in [0.2, 0.25) is 0 Å². The Hall–Kier alpha value is -3.63. The van der Waals surface area contributed by atoms with Crippen LogP contribution in [-0.4, -0.2) is 51.1 Å². The third-order valence-electron chi connectivity index (χ3n) is 6.22. The van der Waals surface area contributed by atoms with E-state index in [4.69, 9.17) is 9.72 Å². The standard InChI is InChI=1S/C27H27N5O3S2/c1-18(33)31-11-7-19(8-12-31)24-17-36-27(30-24)32(25-5-3-4-9-28-25)20-13-21(34)15-23(14-20)37-22-6-10-29-26(16-22)35-2/h3-6,9-10,13-17,19,34H,7-8,11-12H2,1-2H3. The Morgan fingerprint density at radius 1 is 1.11 bits per heavy atom. The van der Waals surface area contributed by atoms with Crippen molar-refractivity contribution in [3.63, 3.8) is 0 Å². The molecule has 5 rings (SSSR count). The van der Waals surface area contributed by atoms with Crippen LogP contribution >= 0.6 is 23.1 Å². The number of hydrogen-bond donors (Lipinski definition) is 1. The van der Waals surface area contributed by atoms with Gasteiger partial charge in [-0.2, -0.15) is 0 Å². The van der Waals surface area contributed by atoms with Gasteiger partial charge >= 0.3 is 0 Å². The average molecular weight is 534 g/mol. The zero-order valence-electron chi connectivity index (χ0n) is 20.6. The minimum absolute atomic E-state index is 0.126. The number of pyridine rings is 2. The molecule has 0 saturated carbocycles. The molecular formula is C27H27N5O3S2. The molecule has 8 nitrogen and oxygen atoms in total. The number of ether oxygens (including phenoxy) is 1. The number of amides is 1. The lowest BCUT2D eigenvalue weighted by Crippen LogP contribution is -2.36. The number of hydrogen-bond acceptors (Lipinski definition) is 9. The Balaban J connectivity index is 1.46. The number of likely N-dealkylation sites (tertiary alicyclic amines) is 1. The summed E-state index contributed by atoms with van der Waals surface area (Å²) in [4.78, 5) is 31.2. The first-order valence-corrected chi connectivity index (χ1v) is 13.6. The van der Waals surface area contributed by atoms with Crippen LogP contribution in [0.25, 0.3) is 0 Å². The van der Waals surface area contributed by atoms with Gasteiger partial charge in [-0.25, -0.2) is 15.0 Å². The van der Waals surface area contributed by atoms with Gasteiger partial charge in [0.05, 0.1) is 18.5 Å². The summed E-state index contributed by atoms with van der Waals surface area (Å²) in [5.74, 6) is 1.83. The van der Waals surface area contributed by atoms with Crippen molar-refractivity contribution in [2.24, 2.45) is 0 Å². The van der Waals surface area contributed by atoms with Gasteiger partial charge in [-0.3, -0.25) is 9.69 Å². The van der Waals surface area contributed by atoms with Gasteiger partial charge in [0.2, 0.25) is 11.8 Å². The van der Waals surface area contributed by atoms with Crippen molar-refractivity contribution in [3.05, 3.63) is 72.0 Å². The van der Waals surface area contributed by atoms with Crippen LogP contribution < -0.4 is 9.64 Å². The first kappa shape index (κ1) is 25.0. The molecule has 0 bridgehead atoms. The van der Waals surface area contributed by atoms with Crippen molar-refractivity contribution in [3.8, 4) is 11.6 Å². The first-order valence-electron chi connectivity index (χ1n) is 11.9. The summed E-state index contributed by atoms with van der Waals surface area (Å²) in [6.45, 7) is 3.13. The van der Waals surface area contributed by atoms with Gasteiger partial charge in [0.1, 0.15) is 11.6 Å². The third kappa shape index (κ3) is 5.86. The predicted octanol–water partition coefficient (Wildman–Crippen LogP) is 5.99. The number of carbonyl (C=O) groups is 1. The van der Waals surface area contributed by atoms with E-state index >= 15 is 0 Å². The van der Waals surface area contributed by atoms with Crippen molar-refractivity contribution in [2.45, 2.75) is 35.5 Å². The van der Waals surface area contributed by atoms with Crippen molar-refractivity contribution in [1.82, 2.24) is 19.9 Å². The molecule has 1 amide bonds. The third-order valence-corrected chi connectivity index (χ3v) is 8.03. The summed E-state index contributed by atoms with van der Waals surface area (Å²) >= 11 is 3.06. The van der Waals surface area contributed by atoms with E-state index in [0.717, 1.165) is 52.2 Å². The van der Waals surface area contributed by atoms with Gasteiger partial charge in [-0.1, -0.05) is 17.8 Å². The number of anilines is 3. The topological polar surface area (TPSA) is 91.7 Å². The lowest BCUT2D eigenvalue weighted by Gasteiger charge is -2.30. The Morgan fingerprint density at radius 2 is 1.95 bits per heavy atom. The predicted molar refractivity (Wildman–Crippen MR) is 145 cm³/mol. The molecule has 1 fully saturated rings. The average Bonchev–Trinajstić information content (AvgIpc) is 3.39. The van der Waals surface area contributed by atoms with E-state index in [9.17, 15) is 9.90 Å². The van der Waals surface area contributed by atoms with Crippen LogP contribution in [0.1, 0.15) is 31.4 Å². The second-order valence-electron chi connectivity index (χ2n) is 8.68. The van der Waals surface area contributed by atoms with Gasteiger partial charge in [0.25, 0.3) is 0 Å². The van der Waals surface area contributed by atoms with Crippen molar-refractivity contribution in [1.29, 1.82) is 0 Å². The number of phenolic OH excluding ortho intramolecular Hbond substituents is 1. The molecule has 1 aromatic carbocycles. The molecular weight excluding hydrogens is 506 g/mol. The second kappa shape index (κ2) is 11.2. The van der Waals surface area contributed by atoms with Gasteiger partial charge in [-0.05, 0) is 43.2 Å². The smallest absolute Gasteiger partial charge is 0.219 e. The molecule has 1 N–H and O–H groups in total. The molecule has 1 aliphatic heterocycles. The van der Waals surface area contributed by atoms with Gasteiger partial charge in [0, 0.05) is 65.6 Å². The largest absolute Gasteiger partial charge is 0.508 e. The van der Waals surface area contributed by atoms with Crippen LogP contribution in [0.3, 0.4) is 0 Å². The number of aromatic nitrogens is 3. The summed E-state index contributed by atoms with van der Waals surface area (Å²) in [5.41, 5.74) is 1.79. The summed E-state index contributed by atoms with van der Waals surface area (Å²) in [6, 6.07) is 15.0. The quantitative estimate of drug-likeness (QED) is 0.310. The van der Waals surface area contributed by atoms with E-state index in [2.05, 4.69) is 15.3 Å². The lowest BCUT2D eigenvalue weighted by molar-refractivity contribution is -0.129. The van der Waals surface area contributed by atoms with E-state index in [1.807, 2.05) is 46.2 Å². The minimum Gasteiger partial charge on any atom is -0.508 e. The van der Waals surface area contributed by atoms with Crippen LogP contribution in [0.4, 0.5) is 16.6 Å². The second-order valence-corrected chi connectivity index (χ2v) is 10.7. The van der Waals surface area contributed by atoms with Crippen LogP contribution in [0.15, 0.2) is 76.1 Å². The number of rotatable bonds is 7. The van der Waals surface area contributed by atoms with E-state index in [1.54, 1.807) is 49.9 Å². The molecule has 1 saturated heterocycles. The molecule has 4 aromatic rings. The normalized spacial score (nSPS) is 13.9. The molecule has 0 unspecified atom stereocenters. The minimum atomic E-state index is 0.126. The summed E-state index contributed by atoms with van der Waals surface area (Å²) in [7, 11) is 1.59. The van der Waals surface area contributed by atoms with Gasteiger partial charge in [-0.15, -0.1) is 11.3 Å². The van der Waals surface area contributed by atoms with Crippen molar-refractivity contribution < 1.29 is 14.6 Å². The summed E-state index contributed by atoms with van der Waals surface area (Å²) < 4.78 is 5.25. The molecule has 4 heterocycles. The van der Waals surface area contributed by atoms with E-state index in [1.165, 1.54) is 11.8 Å². The van der Waals surface area contributed by atoms with E-state index in [-0.39, 0.29) is 11.7 Å². The highest BCUT2D eigenvalue weighted by atomic mass is 32.2. The highest BCUT2D eigenvalue weighted by Crippen LogP contribution is 2.42. The number of aromatic hydroxyl groups is 1. The Kier molecular flexibility index (Phi) is 7.57. The maximum absolute atomic E-state index is 11.7. The highest BCUT2D eigenvalue weighted by molar-refractivity contribution is 7.99. The number of methoxy groups -OCH3 is 1. The maximum atomic E-state index is 11.7. The Morgan fingerprint density at radius 3 is 2.68 bits per heavy atom. The molecule has 10 heteroatoms. The fraction of sp³-hybridized carbons (Fsp3) is 0.259.